The molecular weight excluding hydrogens is 249 g/mol. The molecule has 0 aliphatic rings. The Morgan fingerprint density at radius 2 is 1.85 bits per heavy atom. The zero-order valence-corrected chi connectivity index (χ0v) is 12.4. The van der Waals surface area contributed by atoms with Gasteiger partial charge in [0, 0.05) is 0 Å². The van der Waals surface area contributed by atoms with E-state index in [4.69, 9.17) is 0 Å². The van der Waals surface area contributed by atoms with Crippen LogP contribution in [0.3, 0.4) is 0 Å². The summed E-state index contributed by atoms with van der Waals surface area (Å²) in [6.45, 7) is 3.97. The molecular formula is C18H22FN. The maximum absolute atomic E-state index is 13.8. The van der Waals surface area contributed by atoms with Crippen LogP contribution in [0.4, 0.5) is 4.39 Å². The predicted octanol–water partition coefficient (Wildman–Crippen LogP) is 4.40. The molecule has 0 bridgehead atoms. The molecule has 2 aromatic rings. The summed E-state index contributed by atoms with van der Waals surface area (Å²) in [7, 11) is 1.91. The number of rotatable bonds is 5. The molecule has 0 spiro atoms. The van der Waals surface area contributed by atoms with Gasteiger partial charge in [0.25, 0.3) is 0 Å². The number of hydrogen-bond donors (Lipinski definition) is 1. The van der Waals surface area contributed by atoms with Crippen molar-refractivity contribution < 1.29 is 4.39 Å². The van der Waals surface area contributed by atoms with Crippen LogP contribution in [0.5, 0.6) is 0 Å². The average molecular weight is 271 g/mol. The van der Waals surface area contributed by atoms with Gasteiger partial charge in [0.1, 0.15) is 5.82 Å². The van der Waals surface area contributed by atoms with E-state index in [0.29, 0.717) is 5.56 Å². The third-order valence-electron chi connectivity index (χ3n) is 3.64. The minimum atomic E-state index is -0.146. The molecule has 0 aliphatic heterocycles. The topological polar surface area (TPSA) is 12.0 Å². The Morgan fingerprint density at radius 3 is 2.50 bits per heavy atom. The molecule has 1 N–H and O–H groups in total. The summed E-state index contributed by atoms with van der Waals surface area (Å²) < 4.78 is 13.8. The number of hydrogen-bond acceptors (Lipinski definition) is 1. The van der Waals surface area contributed by atoms with Crippen molar-refractivity contribution in [2.24, 2.45) is 0 Å². The highest BCUT2D eigenvalue weighted by molar-refractivity contribution is 5.36. The minimum absolute atomic E-state index is 0.0295. The maximum Gasteiger partial charge on any atom is 0.126 e. The lowest BCUT2D eigenvalue weighted by atomic mass is 9.95. The quantitative estimate of drug-likeness (QED) is 0.850. The Balaban J connectivity index is 2.36. The first-order valence-electron chi connectivity index (χ1n) is 7.18. The van der Waals surface area contributed by atoms with E-state index in [1.165, 1.54) is 11.1 Å². The molecule has 2 aromatic carbocycles. The summed E-state index contributed by atoms with van der Waals surface area (Å²) >= 11 is 0. The van der Waals surface area contributed by atoms with Crippen LogP contribution in [-0.2, 0) is 6.42 Å². The number of nitrogens with one attached hydrogen (secondary N) is 1. The predicted molar refractivity (Wildman–Crippen MR) is 82.5 cm³/mol. The van der Waals surface area contributed by atoms with Crippen molar-refractivity contribution in [1.82, 2.24) is 5.32 Å². The normalized spacial score (nSPS) is 12.4. The van der Waals surface area contributed by atoms with Gasteiger partial charge in [-0.1, -0.05) is 49.7 Å². The molecule has 106 valence electrons. The van der Waals surface area contributed by atoms with Crippen LogP contribution in [0, 0.1) is 12.7 Å². The molecule has 1 atom stereocenters. The van der Waals surface area contributed by atoms with Crippen LogP contribution in [0.15, 0.2) is 42.5 Å². The molecule has 0 saturated carbocycles. The first-order chi connectivity index (χ1) is 9.65. The largest absolute Gasteiger partial charge is 0.309 e. The van der Waals surface area contributed by atoms with E-state index in [2.05, 4.69) is 36.5 Å². The van der Waals surface area contributed by atoms with Gasteiger partial charge in [0.2, 0.25) is 0 Å². The van der Waals surface area contributed by atoms with Crippen molar-refractivity contribution in [1.29, 1.82) is 0 Å². The number of halogens is 1. The van der Waals surface area contributed by atoms with Gasteiger partial charge in [-0.15, -0.1) is 0 Å². The summed E-state index contributed by atoms with van der Waals surface area (Å²) in [6, 6.07) is 14.0. The molecule has 1 unspecified atom stereocenters. The van der Waals surface area contributed by atoms with Crippen molar-refractivity contribution in [3.8, 4) is 0 Å². The Labute approximate surface area is 120 Å². The molecule has 0 amide bonds. The van der Waals surface area contributed by atoms with Crippen LogP contribution in [0.1, 0.15) is 41.6 Å². The molecule has 1 nitrogen and oxygen atoms in total. The third-order valence-corrected chi connectivity index (χ3v) is 3.64. The van der Waals surface area contributed by atoms with Crippen LogP contribution in [0.2, 0.25) is 0 Å². The summed E-state index contributed by atoms with van der Waals surface area (Å²) in [5.41, 5.74) is 4.16. The van der Waals surface area contributed by atoms with Gasteiger partial charge in [-0.3, -0.25) is 0 Å². The van der Waals surface area contributed by atoms with Crippen LogP contribution >= 0.6 is 0 Å². The van der Waals surface area contributed by atoms with Gasteiger partial charge < -0.3 is 5.32 Å². The highest BCUT2D eigenvalue weighted by Crippen LogP contribution is 2.24. The Morgan fingerprint density at radius 1 is 1.10 bits per heavy atom. The van der Waals surface area contributed by atoms with Crippen molar-refractivity contribution >= 4 is 0 Å². The fourth-order valence-corrected chi connectivity index (χ4v) is 2.53. The van der Waals surface area contributed by atoms with E-state index in [1.54, 1.807) is 13.0 Å². The fourth-order valence-electron chi connectivity index (χ4n) is 2.53. The molecule has 0 saturated heterocycles. The van der Waals surface area contributed by atoms with E-state index in [0.717, 1.165) is 18.4 Å². The second-order valence-electron chi connectivity index (χ2n) is 5.23. The van der Waals surface area contributed by atoms with Crippen LogP contribution in [-0.4, -0.2) is 7.05 Å². The highest BCUT2D eigenvalue weighted by Gasteiger charge is 2.13. The van der Waals surface area contributed by atoms with Crippen molar-refractivity contribution in [3.63, 3.8) is 0 Å². The Bertz CT molecular complexity index is 577. The monoisotopic (exact) mass is 271 g/mol. The van der Waals surface area contributed by atoms with Gasteiger partial charge in [0.15, 0.2) is 0 Å². The zero-order chi connectivity index (χ0) is 14.5. The summed E-state index contributed by atoms with van der Waals surface area (Å²) in [6.07, 6.45) is 2.21. The lowest BCUT2D eigenvalue weighted by molar-refractivity contribution is 0.608. The van der Waals surface area contributed by atoms with Gasteiger partial charge >= 0.3 is 0 Å². The van der Waals surface area contributed by atoms with Gasteiger partial charge in [-0.05, 0) is 48.7 Å². The fraction of sp³-hybridized carbons (Fsp3) is 0.333. The second kappa shape index (κ2) is 6.67. The molecule has 0 aromatic heterocycles. The molecule has 2 rings (SSSR count). The van der Waals surface area contributed by atoms with Gasteiger partial charge in [-0.2, -0.15) is 0 Å². The van der Waals surface area contributed by atoms with Crippen molar-refractivity contribution in [3.05, 3.63) is 70.5 Å². The summed E-state index contributed by atoms with van der Waals surface area (Å²) in [5, 5.41) is 3.28. The van der Waals surface area contributed by atoms with E-state index in [1.807, 2.05) is 19.2 Å². The van der Waals surface area contributed by atoms with Crippen molar-refractivity contribution in [2.75, 3.05) is 7.05 Å². The van der Waals surface area contributed by atoms with E-state index in [9.17, 15) is 4.39 Å². The molecule has 0 radical (unpaired) electrons. The average Bonchev–Trinajstić information content (AvgIpc) is 2.44. The molecule has 0 fully saturated rings. The van der Waals surface area contributed by atoms with Crippen molar-refractivity contribution in [2.45, 2.75) is 32.7 Å². The lowest BCUT2D eigenvalue weighted by Gasteiger charge is -2.18. The zero-order valence-electron chi connectivity index (χ0n) is 12.4. The minimum Gasteiger partial charge on any atom is -0.309 e. The molecule has 0 aliphatic carbocycles. The second-order valence-corrected chi connectivity index (χ2v) is 5.23. The van der Waals surface area contributed by atoms with Gasteiger partial charge in [0.05, 0.1) is 6.04 Å². The first-order valence-corrected chi connectivity index (χ1v) is 7.18. The van der Waals surface area contributed by atoms with E-state index in [-0.39, 0.29) is 11.9 Å². The van der Waals surface area contributed by atoms with Crippen LogP contribution < -0.4 is 5.32 Å². The smallest absolute Gasteiger partial charge is 0.126 e. The lowest BCUT2D eigenvalue weighted by Crippen LogP contribution is -2.18. The van der Waals surface area contributed by atoms with E-state index >= 15 is 0 Å². The number of benzene rings is 2. The Kier molecular flexibility index (Phi) is 4.91. The first kappa shape index (κ1) is 14.7. The molecule has 0 heterocycles. The highest BCUT2D eigenvalue weighted by atomic mass is 19.1. The van der Waals surface area contributed by atoms with Gasteiger partial charge in [-0.25, -0.2) is 4.39 Å². The van der Waals surface area contributed by atoms with Crippen LogP contribution in [0.25, 0.3) is 0 Å². The standard InChI is InChI=1S/C18H22FN/c1-4-6-14-7-5-8-15(11-14)18(20-3)16-10-9-13(2)17(19)12-16/h5,7-12,18,20H,4,6H2,1-3H3. The third kappa shape index (κ3) is 3.26. The maximum atomic E-state index is 13.8. The summed E-state index contributed by atoms with van der Waals surface area (Å²) in [4.78, 5) is 0. The summed E-state index contributed by atoms with van der Waals surface area (Å²) in [5.74, 6) is -0.146. The number of aryl methyl sites for hydroxylation is 2. The Hall–Kier alpha value is -1.67. The molecule has 20 heavy (non-hydrogen) atoms. The van der Waals surface area contributed by atoms with E-state index < -0.39 is 0 Å². The SMILES string of the molecule is CCCc1cccc(C(NC)c2ccc(C)c(F)c2)c1. The molecule has 2 heteroatoms.